The molecule has 1 aliphatic heterocycles. The van der Waals surface area contributed by atoms with Gasteiger partial charge in [0.05, 0.1) is 18.9 Å². The number of hydrogen-bond acceptors (Lipinski definition) is 4. The second-order valence-electron chi connectivity index (χ2n) is 4.30. The van der Waals surface area contributed by atoms with Crippen molar-refractivity contribution in [3.63, 3.8) is 0 Å². The summed E-state index contributed by atoms with van der Waals surface area (Å²) in [6.45, 7) is 0.897. The molecule has 0 radical (unpaired) electrons. The molecule has 1 aromatic rings. The summed E-state index contributed by atoms with van der Waals surface area (Å²) in [6.07, 6.45) is 2.46. The highest BCUT2D eigenvalue weighted by Crippen LogP contribution is 2.09. The van der Waals surface area contributed by atoms with Gasteiger partial charge in [0.1, 0.15) is 0 Å². The fraction of sp³-hybridized carbons (Fsp3) is 0.500. The van der Waals surface area contributed by atoms with Crippen molar-refractivity contribution < 1.29 is 19.1 Å². The summed E-state index contributed by atoms with van der Waals surface area (Å²) in [5.41, 5.74) is 0. The van der Waals surface area contributed by atoms with Gasteiger partial charge in [0.15, 0.2) is 5.76 Å². The Bertz CT molecular complexity index is 416. The van der Waals surface area contributed by atoms with Gasteiger partial charge < -0.3 is 19.7 Å². The van der Waals surface area contributed by atoms with Gasteiger partial charge in [-0.25, -0.2) is 0 Å². The molecular formula is C12H16N2O4. The fourth-order valence-corrected chi connectivity index (χ4v) is 1.94. The van der Waals surface area contributed by atoms with E-state index in [9.17, 15) is 14.7 Å². The van der Waals surface area contributed by atoms with Gasteiger partial charge in [0.2, 0.25) is 5.91 Å². The molecule has 2 N–H and O–H groups in total. The molecule has 2 rings (SSSR count). The summed E-state index contributed by atoms with van der Waals surface area (Å²) < 4.78 is 4.91. The van der Waals surface area contributed by atoms with Crippen molar-refractivity contribution in [1.29, 1.82) is 0 Å². The minimum atomic E-state index is -0.455. The van der Waals surface area contributed by atoms with Gasteiger partial charge in [0, 0.05) is 13.1 Å². The molecule has 0 unspecified atom stereocenters. The summed E-state index contributed by atoms with van der Waals surface area (Å²) >= 11 is 0. The Morgan fingerprint density at radius 3 is 3.06 bits per heavy atom. The Balaban J connectivity index is 1.79. The van der Waals surface area contributed by atoms with Crippen LogP contribution in [0.5, 0.6) is 0 Å². The second kappa shape index (κ2) is 5.68. The van der Waals surface area contributed by atoms with Crippen LogP contribution < -0.4 is 5.32 Å². The quantitative estimate of drug-likeness (QED) is 0.792. The van der Waals surface area contributed by atoms with Crippen LogP contribution in [0.3, 0.4) is 0 Å². The average Bonchev–Trinajstić information content (AvgIpc) is 2.89. The van der Waals surface area contributed by atoms with Crippen LogP contribution >= 0.6 is 0 Å². The largest absolute Gasteiger partial charge is 0.459 e. The van der Waals surface area contributed by atoms with Crippen molar-refractivity contribution in [3.05, 3.63) is 24.2 Å². The highest BCUT2D eigenvalue weighted by Gasteiger charge is 2.22. The molecule has 0 aliphatic carbocycles. The van der Waals surface area contributed by atoms with Crippen LogP contribution in [-0.4, -0.2) is 47.6 Å². The third-order valence-electron chi connectivity index (χ3n) is 2.89. The van der Waals surface area contributed by atoms with Crippen molar-refractivity contribution in [2.75, 3.05) is 19.6 Å². The third kappa shape index (κ3) is 3.10. The highest BCUT2D eigenvalue weighted by molar-refractivity contribution is 5.94. The maximum atomic E-state index is 11.8. The lowest BCUT2D eigenvalue weighted by Crippen LogP contribution is -2.46. The van der Waals surface area contributed by atoms with Crippen molar-refractivity contribution in [1.82, 2.24) is 10.2 Å². The second-order valence-corrected chi connectivity index (χ2v) is 4.30. The average molecular weight is 252 g/mol. The lowest BCUT2D eigenvalue weighted by Gasteiger charge is -2.30. The molecule has 0 saturated carbocycles. The van der Waals surface area contributed by atoms with Crippen molar-refractivity contribution in [3.8, 4) is 0 Å². The number of aliphatic hydroxyl groups is 1. The van der Waals surface area contributed by atoms with Gasteiger partial charge in [-0.3, -0.25) is 9.59 Å². The van der Waals surface area contributed by atoms with Crippen LogP contribution in [0.15, 0.2) is 22.8 Å². The number of piperidine rings is 1. The van der Waals surface area contributed by atoms with Crippen LogP contribution in [0.4, 0.5) is 0 Å². The molecule has 1 saturated heterocycles. The first-order valence-electron chi connectivity index (χ1n) is 5.94. The van der Waals surface area contributed by atoms with E-state index >= 15 is 0 Å². The number of aliphatic hydroxyl groups excluding tert-OH is 1. The van der Waals surface area contributed by atoms with E-state index in [1.165, 1.54) is 12.3 Å². The third-order valence-corrected chi connectivity index (χ3v) is 2.89. The molecule has 6 nitrogen and oxygen atoms in total. The van der Waals surface area contributed by atoms with Crippen LogP contribution in [0.1, 0.15) is 23.4 Å². The normalized spacial score (nSPS) is 19.6. The van der Waals surface area contributed by atoms with Gasteiger partial charge in [-0.05, 0) is 25.0 Å². The molecule has 0 bridgehead atoms. The lowest BCUT2D eigenvalue weighted by molar-refractivity contribution is -0.133. The molecule has 18 heavy (non-hydrogen) atoms. The summed E-state index contributed by atoms with van der Waals surface area (Å²) in [7, 11) is 0. The summed E-state index contributed by atoms with van der Waals surface area (Å²) in [5, 5.41) is 12.0. The molecule has 1 aromatic heterocycles. The summed E-state index contributed by atoms with van der Waals surface area (Å²) in [5.74, 6) is -0.416. The van der Waals surface area contributed by atoms with E-state index in [0.717, 1.165) is 12.8 Å². The molecule has 98 valence electrons. The number of rotatable bonds is 3. The molecule has 1 aliphatic rings. The Labute approximate surface area is 105 Å². The number of nitrogens with one attached hydrogen (secondary N) is 1. The molecule has 0 aromatic carbocycles. The molecule has 2 amide bonds. The molecule has 6 heteroatoms. The van der Waals surface area contributed by atoms with Gasteiger partial charge >= 0.3 is 0 Å². The topological polar surface area (TPSA) is 82.8 Å². The van der Waals surface area contributed by atoms with Crippen molar-refractivity contribution in [2.45, 2.75) is 18.9 Å². The number of furan rings is 1. The number of carbonyl (C=O) groups is 2. The van der Waals surface area contributed by atoms with Crippen molar-refractivity contribution >= 4 is 11.8 Å². The maximum absolute atomic E-state index is 11.8. The zero-order valence-electron chi connectivity index (χ0n) is 9.96. The van der Waals surface area contributed by atoms with Gasteiger partial charge in [-0.2, -0.15) is 0 Å². The van der Waals surface area contributed by atoms with Gasteiger partial charge in [0.25, 0.3) is 5.91 Å². The number of hydrogen-bond donors (Lipinski definition) is 2. The zero-order chi connectivity index (χ0) is 13.0. The first-order valence-corrected chi connectivity index (χ1v) is 5.94. The first-order chi connectivity index (χ1) is 8.66. The number of nitrogens with zero attached hydrogens (tertiary/aromatic N) is 1. The number of carbonyl (C=O) groups excluding carboxylic acids is 2. The minimum absolute atomic E-state index is 0.0771. The number of β-amino-alcohol motifs (C(OH)–C–C–N with tert-alkyl or cyclic N) is 1. The Morgan fingerprint density at radius 2 is 2.39 bits per heavy atom. The molecule has 0 spiro atoms. The minimum Gasteiger partial charge on any atom is -0.459 e. The van der Waals surface area contributed by atoms with E-state index in [4.69, 9.17) is 4.42 Å². The Morgan fingerprint density at radius 1 is 1.56 bits per heavy atom. The predicted octanol–water partition coefficient (Wildman–Crippen LogP) is -0.00730. The number of amides is 2. The SMILES string of the molecule is O=C(NCC(=O)N1CCC[C@H](O)C1)c1ccco1. The van der Waals surface area contributed by atoms with Crippen LogP contribution in [0.25, 0.3) is 0 Å². The Kier molecular flexibility index (Phi) is 3.99. The Hall–Kier alpha value is -1.82. The molecule has 2 heterocycles. The first kappa shape index (κ1) is 12.6. The standard InChI is InChI=1S/C12H16N2O4/c15-9-3-1-5-14(8-9)11(16)7-13-12(17)10-4-2-6-18-10/h2,4,6,9,15H,1,3,5,7-8H2,(H,13,17)/t9-/m0/s1. The molecule has 1 fully saturated rings. The summed E-state index contributed by atoms with van der Waals surface area (Å²) in [4.78, 5) is 24.9. The molecule has 1 atom stereocenters. The highest BCUT2D eigenvalue weighted by atomic mass is 16.3. The van der Waals surface area contributed by atoms with Crippen LogP contribution in [0.2, 0.25) is 0 Å². The summed E-state index contributed by atoms with van der Waals surface area (Å²) in [6, 6.07) is 3.14. The van der Waals surface area contributed by atoms with Gasteiger partial charge in [-0.15, -0.1) is 0 Å². The lowest BCUT2D eigenvalue weighted by atomic mass is 10.1. The van der Waals surface area contributed by atoms with E-state index in [1.54, 1.807) is 11.0 Å². The van der Waals surface area contributed by atoms with Crippen LogP contribution in [-0.2, 0) is 4.79 Å². The molecular weight excluding hydrogens is 236 g/mol. The van der Waals surface area contributed by atoms with Crippen molar-refractivity contribution in [2.24, 2.45) is 0 Å². The predicted molar refractivity (Wildman–Crippen MR) is 62.9 cm³/mol. The smallest absolute Gasteiger partial charge is 0.287 e. The van der Waals surface area contributed by atoms with E-state index in [2.05, 4.69) is 5.32 Å². The van der Waals surface area contributed by atoms with E-state index in [0.29, 0.717) is 13.1 Å². The maximum Gasteiger partial charge on any atom is 0.287 e. The number of likely N-dealkylation sites (tertiary alicyclic amines) is 1. The van der Waals surface area contributed by atoms with Gasteiger partial charge in [-0.1, -0.05) is 0 Å². The van der Waals surface area contributed by atoms with E-state index in [1.807, 2.05) is 0 Å². The monoisotopic (exact) mass is 252 g/mol. The van der Waals surface area contributed by atoms with E-state index < -0.39 is 12.0 Å². The van der Waals surface area contributed by atoms with E-state index in [-0.39, 0.29) is 18.2 Å². The fourth-order valence-electron chi connectivity index (χ4n) is 1.94. The zero-order valence-corrected chi connectivity index (χ0v) is 9.96. The van der Waals surface area contributed by atoms with Crippen LogP contribution in [0, 0.1) is 0 Å².